The Bertz CT molecular complexity index is 2340. The van der Waals surface area contributed by atoms with Crippen LogP contribution >= 0.6 is 0 Å². The van der Waals surface area contributed by atoms with Gasteiger partial charge in [0.1, 0.15) is 0 Å². The largest absolute Gasteiger partial charge is 1.00 e. The summed E-state index contributed by atoms with van der Waals surface area (Å²) < 4.78 is 34.3. The van der Waals surface area contributed by atoms with E-state index in [1.807, 2.05) is 6.55 Å². The average Bonchev–Trinajstić information content (AvgIpc) is 4.11. The summed E-state index contributed by atoms with van der Waals surface area (Å²) >= 11 is 1.29. The number of alkyl halides is 3. The number of allylic oxidation sites excluding steroid dienone is 4. The standard InChI is InChI=1S/2C25H25.C4H7F3Si.2ClH.Zr/c2*1-2-18-6-8-21(9-7-18)23-5-3-4-22-14-20(15-24(22)23)17-25-12-10-19(16-25)11-13-25;1-8-3-2-4(5,6)7;;;/h2*3-9,15,17,19H,2,10-13,16H2,1H3;2-3H2,1H3;2*1H;/q2*-1;;;;+2/p-2. The third kappa shape index (κ3) is 11.5. The van der Waals surface area contributed by atoms with Crippen molar-refractivity contribution in [2.75, 3.05) is 0 Å². The third-order valence-corrected chi connectivity index (χ3v) is 16.9. The Balaban J connectivity index is 0.000000166. The van der Waals surface area contributed by atoms with Crippen molar-refractivity contribution in [2.24, 2.45) is 22.7 Å². The molecule has 0 aliphatic heterocycles. The van der Waals surface area contributed by atoms with Crippen LogP contribution < -0.4 is 45.7 Å². The first-order chi connectivity index (χ1) is 28.4. The summed E-state index contributed by atoms with van der Waals surface area (Å²) in [5, 5.41) is 5.21. The molecule has 0 atom stereocenters. The number of halogens is 5. The summed E-state index contributed by atoms with van der Waals surface area (Å²) in [6.07, 6.45) is 29.0. The number of hydrogen-bond acceptors (Lipinski definition) is 0. The second-order valence-corrected chi connectivity index (χ2v) is 26.6. The molecule has 4 bridgehead atoms. The van der Waals surface area contributed by atoms with Crippen LogP contribution in [0.3, 0.4) is 0 Å². The Morgan fingerprint density at radius 1 is 0.639 bits per heavy atom. The normalized spacial score (nSPS) is 24.7. The van der Waals surface area contributed by atoms with Crippen LogP contribution in [-0.4, -0.2) is 11.6 Å². The van der Waals surface area contributed by atoms with Crippen LogP contribution in [0.5, 0.6) is 0 Å². The second kappa shape index (κ2) is 20.4. The van der Waals surface area contributed by atoms with Gasteiger partial charge in [0.15, 0.2) is 0 Å². The van der Waals surface area contributed by atoms with Crippen molar-refractivity contribution in [3.05, 3.63) is 140 Å². The van der Waals surface area contributed by atoms with E-state index in [9.17, 15) is 13.2 Å². The van der Waals surface area contributed by atoms with Gasteiger partial charge in [-0.1, -0.05) is 149 Å². The summed E-state index contributed by atoms with van der Waals surface area (Å²) in [5.74, 6) is 1.99. The van der Waals surface area contributed by atoms with E-state index >= 15 is 0 Å². The molecule has 4 aromatic carbocycles. The quantitative estimate of drug-likeness (QED) is 0.154. The zero-order valence-corrected chi connectivity index (χ0v) is 40.8. The van der Waals surface area contributed by atoms with E-state index in [2.05, 4.69) is 135 Å². The van der Waals surface area contributed by atoms with Gasteiger partial charge in [-0.2, -0.15) is 0 Å². The Morgan fingerprint density at radius 2 is 1.03 bits per heavy atom. The zero-order valence-electron chi connectivity index (χ0n) is 35.8. The minimum atomic E-state index is -3.93. The molecule has 10 rings (SSSR count). The van der Waals surface area contributed by atoms with Crippen LogP contribution in [0.15, 0.2) is 108 Å². The number of aryl methyl sites for hydroxylation is 2. The van der Waals surface area contributed by atoms with E-state index in [0.29, 0.717) is 16.9 Å². The van der Waals surface area contributed by atoms with Gasteiger partial charge in [-0.05, 0) is 70.6 Å². The van der Waals surface area contributed by atoms with Gasteiger partial charge in [-0.25, -0.2) is 0 Å². The molecule has 0 saturated heterocycles. The van der Waals surface area contributed by atoms with Gasteiger partial charge in [0.05, 0.1) is 0 Å². The molecule has 318 valence electrons. The molecule has 6 aliphatic rings. The maximum Gasteiger partial charge on any atom is -1.00 e. The fourth-order valence-electron chi connectivity index (χ4n) is 10.7. The van der Waals surface area contributed by atoms with E-state index in [1.54, 1.807) is 0 Å². The van der Waals surface area contributed by atoms with Crippen LogP contribution in [0, 0.1) is 22.7 Å². The van der Waals surface area contributed by atoms with Crippen LogP contribution in [-0.2, 0) is 36.2 Å². The van der Waals surface area contributed by atoms with Crippen molar-refractivity contribution in [1.82, 2.24) is 0 Å². The molecule has 6 aliphatic carbocycles. The maximum atomic E-state index is 11.4. The average molecular weight is 953 g/mol. The Kier molecular flexibility index (Phi) is 16.0. The predicted octanol–water partition coefficient (Wildman–Crippen LogP) is 5.86. The van der Waals surface area contributed by atoms with Crippen LogP contribution in [0.25, 0.3) is 46.6 Å². The van der Waals surface area contributed by atoms with E-state index < -0.39 is 18.0 Å². The Labute approximate surface area is 389 Å². The molecular formula is C54H57Cl2F3SiZr-2. The summed E-state index contributed by atoms with van der Waals surface area (Å²) in [5.41, 5.74) is 11.1. The second-order valence-electron chi connectivity index (χ2n) is 18.3. The minimum Gasteiger partial charge on any atom is -1.00 e. The van der Waals surface area contributed by atoms with E-state index in [0.717, 1.165) is 24.7 Å². The summed E-state index contributed by atoms with van der Waals surface area (Å²) in [6.45, 7) is 6.34. The number of fused-ring (bicyclic) bond motifs is 6. The first-order valence-electron chi connectivity index (χ1n) is 22.2. The van der Waals surface area contributed by atoms with Crippen LogP contribution in [0.1, 0.15) is 95.6 Å². The maximum absolute atomic E-state index is 11.4. The number of hydrogen-bond donors (Lipinski definition) is 0. The topological polar surface area (TPSA) is 0 Å². The van der Waals surface area contributed by atoms with Crippen molar-refractivity contribution in [2.45, 2.75) is 116 Å². The molecule has 0 spiro atoms. The molecule has 4 saturated carbocycles. The van der Waals surface area contributed by atoms with Gasteiger partial charge in [0, 0.05) is 0 Å². The molecule has 0 heterocycles. The van der Waals surface area contributed by atoms with E-state index in [-0.39, 0.29) is 24.8 Å². The first-order valence-corrected chi connectivity index (χ1v) is 28.1. The van der Waals surface area contributed by atoms with Gasteiger partial charge < -0.3 is 24.8 Å². The molecular weight excluding hydrogens is 896 g/mol. The minimum absolute atomic E-state index is 0. The monoisotopic (exact) mass is 950 g/mol. The summed E-state index contributed by atoms with van der Waals surface area (Å²) in [7, 11) is 0. The molecule has 7 heteroatoms. The fraction of sp³-hybridized carbons (Fsp3) is 0.407. The van der Waals surface area contributed by atoms with Crippen molar-refractivity contribution in [3.8, 4) is 22.3 Å². The molecule has 0 amide bonds. The van der Waals surface area contributed by atoms with Gasteiger partial charge in [-0.3, -0.25) is 0 Å². The van der Waals surface area contributed by atoms with Crippen molar-refractivity contribution in [1.29, 1.82) is 0 Å². The Hall–Kier alpha value is -2.69. The van der Waals surface area contributed by atoms with E-state index in [4.69, 9.17) is 0 Å². The summed E-state index contributed by atoms with van der Waals surface area (Å²) in [6, 6.07) is 31.7. The van der Waals surface area contributed by atoms with Crippen molar-refractivity contribution in [3.63, 3.8) is 0 Å². The molecule has 0 unspecified atom stereocenters. The van der Waals surface area contributed by atoms with Gasteiger partial charge in [0.2, 0.25) is 0 Å². The number of benzene rings is 4. The van der Waals surface area contributed by atoms with Gasteiger partial charge in [0.25, 0.3) is 0 Å². The summed E-state index contributed by atoms with van der Waals surface area (Å²) in [4.78, 5) is 0. The van der Waals surface area contributed by atoms with Crippen LogP contribution in [0.2, 0.25) is 12.6 Å². The first kappa shape index (κ1) is 47.8. The molecule has 61 heavy (non-hydrogen) atoms. The molecule has 0 aromatic heterocycles. The van der Waals surface area contributed by atoms with Crippen molar-refractivity contribution < 1.29 is 61.3 Å². The Morgan fingerprint density at radius 3 is 1.33 bits per heavy atom. The smallest absolute Gasteiger partial charge is 1.00 e. The predicted molar refractivity (Wildman–Crippen MR) is 238 cm³/mol. The van der Waals surface area contributed by atoms with Crippen molar-refractivity contribution >= 4 is 29.7 Å². The molecule has 0 nitrogen and oxygen atoms in total. The molecule has 4 aromatic rings. The van der Waals surface area contributed by atoms with E-state index in [1.165, 1.54) is 153 Å². The fourth-order valence-corrected chi connectivity index (χ4v) is 12.3. The van der Waals surface area contributed by atoms with Gasteiger partial charge >= 0.3 is 67.1 Å². The SMILES string of the molecule is CCc1ccc(-c2cccc3c2=CC(=CC24CCC(CC2)C4)[C-]=3)cc1.CCc1ccc(-c2cccc3c2=CC(=CC24CCC(CC2)C4)[C-]=3)cc1.C[Si](=[Zr+2])CCC(F)(F)F.[Cl-].[Cl-]. The van der Waals surface area contributed by atoms with Gasteiger partial charge in [-0.15, -0.1) is 80.6 Å². The third-order valence-electron chi connectivity index (χ3n) is 14.0. The molecule has 0 radical (unpaired) electrons. The molecule has 0 N–H and O–H groups in total. The van der Waals surface area contributed by atoms with Crippen LogP contribution in [0.4, 0.5) is 13.2 Å². The molecule has 4 fully saturated rings. The zero-order chi connectivity index (χ0) is 41.2. The number of rotatable bonds is 8.